The Morgan fingerprint density at radius 1 is 0.960 bits per heavy atom. The lowest BCUT2D eigenvalue weighted by molar-refractivity contribution is 0.102. The van der Waals surface area contributed by atoms with Crippen LogP contribution >= 0.6 is 0 Å². The molecule has 6 nitrogen and oxygen atoms in total. The number of benzene rings is 2. The topological polar surface area (TPSA) is 76.1 Å². The first-order valence-electron chi connectivity index (χ1n) is 7.77. The first-order valence-corrected chi connectivity index (χ1v) is 7.77. The van der Waals surface area contributed by atoms with Crippen molar-refractivity contribution in [3.63, 3.8) is 0 Å². The third-order valence-electron chi connectivity index (χ3n) is 3.54. The quantitative estimate of drug-likeness (QED) is 0.742. The van der Waals surface area contributed by atoms with Crippen LogP contribution in [-0.4, -0.2) is 23.2 Å². The number of carbonyl (C=O) groups excluding carboxylic acids is 1. The van der Waals surface area contributed by atoms with E-state index in [1.165, 1.54) is 0 Å². The maximum absolute atomic E-state index is 12.2. The van der Waals surface area contributed by atoms with E-state index < -0.39 is 0 Å². The number of nitrogens with one attached hydrogen (secondary N) is 2. The van der Waals surface area contributed by atoms with Gasteiger partial charge in [-0.2, -0.15) is 0 Å². The lowest BCUT2D eigenvalue weighted by Crippen LogP contribution is -2.14. The van der Waals surface area contributed by atoms with Crippen LogP contribution in [0.2, 0.25) is 0 Å². The largest absolute Gasteiger partial charge is 0.497 e. The van der Waals surface area contributed by atoms with Crippen molar-refractivity contribution in [1.29, 1.82) is 0 Å². The molecule has 0 saturated heterocycles. The zero-order valence-electron chi connectivity index (χ0n) is 14.0. The van der Waals surface area contributed by atoms with Crippen LogP contribution < -0.4 is 15.4 Å². The molecule has 1 amide bonds. The fourth-order valence-corrected chi connectivity index (χ4v) is 2.26. The molecule has 0 aliphatic rings. The molecule has 3 rings (SSSR count). The lowest BCUT2D eigenvalue weighted by Gasteiger charge is -2.07. The summed E-state index contributed by atoms with van der Waals surface area (Å²) in [4.78, 5) is 12.2. The second-order valence-corrected chi connectivity index (χ2v) is 5.48. The molecule has 2 aromatic carbocycles. The molecule has 6 heteroatoms. The molecule has 0 aliphatic heterocycles. The van der Waals surface area contributed by atoms with Crippen LogP contribution in [0, 0.1) is 6.92 Å². The first-order chi connectivity index (χ1) is 12.1. The van der Waals surface area contributed by atoms with Gasteiger partial charge in [-0.15, -0.1) is 10.2 Å². The van der Waals surface area contributed by atoms with Crippen molar-refractivity contribution in [3.05, 3.63) is 71.9 Å². The number of ether oxygens (including phenoxy) is 1. The Labute approximate surface area is 145 Å². The van der Waals surface area contributed by atoms with Crippen molar-refractivity contribution in [1.82, 2.24) is 10.2 Å². The van der Waals surface area contributed by atoms with Crippen LogP contribution in [0.25, 0.3) is 0 Å². The third-order valence-corrected chi connectivity index (χ3v) is 3.54. The second-order valence-electron chi connectivity index (χ2n) is 5.48. The number of aromatic nitrogens is 2. The molecule has 1 heterocycles. The summed E-state index contributed by atoms with van der Waals surface area (Å²) in [7, 11) is 1.59. The molecule has 0 spiro atoms. The summed E-state index contributed by atoms with van der Waals surface area (Å²) in [5, 5.41) is 14.0. The van der Waals surface area contributed by atoms with Crippen LogP contribution in [0.15, 0.2) is 60.7 Å². The number of hydrogen-bond donors (Lipinski definition) is 2. The highest BCUT2D eigenvalue weighted by Crippen LogP contribution is 2.17. The minimum absolute atomic E-state index is 0.241. The molecule has 0 unspecified atom stereocenters. The maximum Gasteiger partial charge on any atom is 0.276 e. The van der Waals surface area contributed by atoms with Gasteiger partial charge in [-0.1, -0.05) is 12.1 Å². The second kappa shape index (κ2) is 7.44. The monoisotopic (exact) mass is 334 g/mol. The van der Waals surface area contributed by atoms with Crippen molar-refractivity contribution in [3.8, 4) is 5.75 Å². The van der Waals surface area contributed by atoms with Crippen LogP contribution in [-0.2, 0) is 0 Å². The van der Waals surface area contributed by atoms with Crippen molar-refractivity contribution < 1.29 is 9.53 Å². The Morgan fingerprint density at radius 3 is 2.40 bits per heavy atom. The Balaban J connectivity index is 1.65. The normalized spacial score (nSPS) is 10.2. The SMILES string of the molecule is COc1ccc(NC(=O)c2ccc(Nc3cccc(C)c3)nn2)cc1. The van der Waals surface area contributed by atoms with Gasteiger partial charge in [0.15, 0.2) is 11.5 Å². The fraction of sp³-hybridized carbons (Fsp3) is 0.105. The van der Waals surface area contributed by atoms with Crippen LogP contribution in [0.3, 0.4) is 0 Å². The van der Waals surface area contributed by atoms with E-state index in [9.17, 15) is 4.79 Å². The fourth-order valence-electron chi connectivity index (χ4n) is 2.26. The standard InChI is InChI=1S/C19H18N4O2/c1-13-4-3-5-15(12-13)20-18-11-10-17(22-23-18)19(24)21-14-6-8-16(25-2)9-7-14/h3-12H,1-2H3,(H,20,23)(H,21,24). The molecule has 126 valence electrons. The van der Waals surface area contributed by atoms with Crippen molar-refractivity contribution in [2.75, 3.05) is 17.7 Å². The highest BCUT2D eigenvalue weighted by Gasteiger charge is 2.09. The first kappa shape index (κ1) is 16.4. The molecular weight excluding hydrogens is 316 g/mol. The zero-order chi connectivity index (χ0) is 17.6. The Hall–Kier alpha value is -3.41. The van der Waals surface area contributed by atoms with Gasteiger partial charge in [0.05, 0.1) is 7.11 Å². The highest BCUT2D eigenvalue weighted by atomic mass is 16.5. The van der Waals surface area contributed by atoms with E-state index in [0.29, 0.717) is 11.5 Å². The number of nitrogens with zero attached hydrogens (tertiary/aromatic N) is 2. The predicted octanol–water partition coefficient (Wildman–Crippen LogP) is 3.79. The molecule has 0 atom stereocenters. The van der Waals surface area contributed by atoms with Crippen LogP contribution in [0.1, 0.15) is 16.1 Å². The molecule has 1 aromatic heterocycles. The lowest BCUT2D eigenvalue weighted by atomic mass is 10.2. The summed E-state index contributed by atoms with van der Waals surface area (Å²) in [6, 6.07) is 18.3. The average Bonchev–Trinajstić information content (AvgIpc) is 2.63. The van der Waals surface area contributed by atoms with E-state index in [2.05, 4.69) is 20.8 Å². The molecular formula is C19H18N4O2. The van der Waals surface area contributed by atoms with Crippen molar-refractivity contribution >= 4 is 23.1 Å². The molecule has 0 aliphatic carbocycles. The molecule has 2 N–H and O–H groups in total. The van der Waals surface area contributed by atoms with Gasteiger partial charge in [0.2, 0.25) is 0 Å². The molecule has 0 fully saturated rings. The number of anilines is 3. The minimum atomic E-state index is -0.320. The number of carbonyl (C=O) groups is 1. The summed E-state index contributed by atoms with van der Waals surface area (Å²) >= 11 is 0. The van der Waals surface area contributed by atoms with Gasteiger partial charge in [-0.05, 0) is 61.0 Å². The number of hydrogen-bond acceptors (Lipinski definition) is 5. The summed E-state index contributed by atoms with van der Waals surface area (Å²) in [5.41, 5.74) is 2.97. The van der Waals surface area contributed by atoms with Gasteiger partial charge in [0, 0.05) is 11.4 Å². The maximum atomic E-state index is 12.2. The number of amides is 1. The van der Waals surface area contributed by atoms with Gasteiger partial charge in [0.1, 0.15) is 5.75 Å². The van der Waals surface area contributed by atoms with E-state index in [1.807, 2.05) is 31.2 Å². The number of aryl methyl sites for hydroxylation is 1. The predicted molar refractivity (Wildman–Crippen MR) is 97.4 cm³/mol. The molecule has 0 saturated carbocycles. The minimum Gasteiger partial charge on any atom is -0.497 e. The Kier molecular flexibility index (Phi) is 4.89. The Morgan fingerprint density at radius 2 is 1.76 bits per heavy atom. The van der Waals surface area contributed by atoms with E-state index in [4.69, 9.17) is 4.74 Å². The molecule has 0 radical (unpaired) electrons. The highest BCUT2D eigenvalue weighted by molar-refractivity contribution is 6.02. The third kappa shape index (κ3) is 4.32. The summed E-state index contributed by atoms with van der Waals surface area (Å²) < 4.78 is 5.09. The van der Waals surface area contributed by atoms with Crippen LogP contribution in [0.5, 0.6) is 5.75 Å². The van der Waals surface area contributed by atoms with Crippen LogP contribution in [0.4, 0.5) is 17.2 Å². The summed E-state index contributed by atoms with van der Waals surface area (Å²) in [5.74, 6) is 0.982. The van der Waals surface area contributed by atoms with Gasteiger partial charge in [0.25, 0.3) is 5.91 Å². The van der Waals surface area contributed by atoms with Crippen molar-refractivity contribution in [2.24, 2.45) is 0 Å². The van der Waals surface area contributed by atoms with Gasteiger partial charge in [-0.25, -0.2) is 0 Å². The van der Waals surface area contributed by atoms with Gasteiger partial charge in [-0.3, -0.25) is 4.79 Å². The molecule has 25 heavy (non-hydrogen) atoms. The van der Waals surface area contributed by atoms with E-state index >= 15 is 0 Å². The summed E-state index contributed by atoms with van der Waals surface area (Å²) in [6.45, 7) is 2.02. The van der Waals surface area contributed by atoms with E-state index in [1.54, 1.807) is 43.5 Å². The zero-order valence-corrected chi connectivity index (χ0v) is 14.0. The molecule has 0 bridgehead atoms. The smallest absolute Gasteiger partial charge is 0.276 e. The van der Waals surface area contributed by atoms with E-state index in [-0.39, 0.29) is 11.6 Å². The van der Waals surface area contributed by atoms with Crippen molar-refractivity contribution in [2.45, 2.75) is 6.92 Å². The number of methoxy groups -OCH3 is 1. The summed E-state index contributed by atoms with van der Waals surface area (Å²) in [6.07, 6.45) is 0. The average molecular weight is 334 g/mol. The number of rotatable bonds is 5. The molecule has 3 aromatic rings. The van der Waals surface area contributed by atoms with E-state index in [0.717, 1.165) is 17.0 Å². The Bertz CT molecular complexity index is 861. The van der Waals surface area contributed by atoms with Gasteiger partial charge < -0.3 is 15.4 Å². The van der Waals surface area contributed by atoms with Gasteiger partial charge >= 0.3 is 0 Å².